The lowest BCUT2D eigenvalue weighted by Crippen LogP contribution is -2.66. The first-order valence-electron chi connectivity index (χ1n) is 13.8. The van der Waals surface area contributed by atoms with Crippen LogP contribution in [-0.4, -0.2) is 35.4 Å². The molecule has 0 radical (unpaired) electrons. The van der Waals surface area contributed by atoms with Gasteiger partial charge in [0, 0.05) is 17.3 Å². The summed E-state index contributed by atoms with van der Waals surface area (Å²) < 4.78 is 5.38. The highest BCUT2D eigenvalue weighted by molar-refractivity contribution is 6.06. The summed E-state index contributed by atoms with van der Waals surface area (Å²) in [5.74, 6) is -1.49. The minimum atomic E-state index is -1.67. The monoisotopic (exact) mass is 507 g/mol. The standard InChI is InChI=1S/C31H41NO5/c1-26(2)10-12-31(25(35)37-7)13-11-29(5)23(19(31)16-26)20(33)14-22-27(3)15-18(17-32)24(34)30(6,36)21(27)8-9-28(22,29)4/h14-15,19,21,23,36H,8-13,16H2,1-7H3/t19?,21-,23?,27+,28-,29-,30?,31+/m1/s1. The lowest BCUT2D eigenvalue weighted by Gasteiger charge is -2.68. The molecule has 5 aliphatic rings. The summed E-state index contributed by atoms with van der Waals surface area (Å²) >= 11 is 0. The van der Waals surface area contributed by atoms with Gasteiger partial charge >= 0.3 is 5.97 Å². The van der Waals surface area contributed by atoms with Crippen LogP contribution in [0.1, 0.15) is 86.5 Å². The minimum Gasteiger partial charge on any atom is -0.469 e. The Bertz CT molecular complexity index is 1200. The highest BCUT2D eigenvalue weighted by Crippen LogP contribution is 2.74. The summed E-state index contributed by atoms with van der Waals surface area (Å²) in [6.07, 6.45) is 8.76. The molecule has 8 atom stereocenters. The van der Waals surface area contributed by atoms with E-state index in [1.165, 1.54) is 14.0 Å². The Morgan fingerprint density at radius 3 is 2.32 bits per heavy atom. The fourth-order valence-electron chi connectivity index (χ4n) is 9.87. The van der Waals surface area contributed by atoms with E-state index in [0.717, 1.165) is 37.7 Å². The van der Waals surface area contributed by atoms with Gasteiger partial charge in [0.05, 0.1) is 18.1 Å². The molecule has 3 fully saturated rings. The highest BCUT2D eigenvalue weighted by Gasteiger charge is 2.71. The fourth-order valence-corrected chi connectivity index (χ4v) is 9.87. The van der Waals surface area contributed by atoms with Crippen molar-refractivity contribution in [1.29, 1.82) is 5.26 Å². The van der Waals surface area contributed by atoms with E-state index in [-0.39, 0.29) is 40.0 Å². The van der Waals surface area contributed by atoms with E-state index < -0.39 is 33.5 Å². The number of ether oxygens (including phenoxy) is 1. The highest BCUT2D eigenvalue weighted by atomic mass is 16.5. The molecule has 5 rings (SSSR count). The molecule has 0 bridgehead atoms. The first-order valence-corrected chi connectivity index (χ1v) is 13.8. The maximum atomic E-state index is 14.3. The molecule has 1 N–H and O–H groups in total. The third-order valence-corrected chi connectivity index (χ3v) is 12.1. The Morgan fingerprint density at radius 1 is 1.05 bits per heavy atom. The first kappa shape index (κ1) is 26.4. The van der Waals surface area contributed by atoms with Gasteiger partial charge < -0.3 is 9.84 Å². The molecule has 0 heterocycles. The van der Waals surface area contributed by atoms with E-state index in [1.54, 1.807) is 12.2 Å². The third-order valence-electron chi connectivity index (χ3n) is 12.1. The summed E-state index contributed by atoms with van der Waals surface area (Å²) in [5, 5.41) is 21.1. The van der Waals surface area contributed by atoms with Crippen LogP contribution in [0.3, 0.4) is 0 Å². The topological polar surface area (TPSA) is 104 Å². The van der Waals surface area contributed by atoms with E-state index in [4.69, 9.17) is 4.74 Å². The number of hydrogen-bond acceptors (Lipinski definition) is 6. The number of allylic oxidation sites excluding steroid dienone is 3. The lowest BCUT2D eigenvalue weighted by atomic mass is 9.34. The van der Waals surface area contributed by atoms with Gasteiger partial charge in [-0.2, -0.15) is 5.26 Å². The Kier molecular flexibility index (Phi) is 5.45. The quantitative estimate of drug-likeness (QED) is 0.495. The molecule has 3 saturated carbocycles. The summed E-state index contributed by atoms with van der Waals surface area (Å²) in [4.78, 5) is 40.6. The normalized spacial score (nSPS) is 48.2. The second-order valence-electron chi connectivity index (χ2n) is 14.3. The van der Waals surface area contributed by atoms with Crippen molar-refractivity contribution in [2.24, 2.45) is 44.8 Å². The Morgan fingerprint density at radius 2 is 1.70 bits per heavy atom. The summed E-state index contributed by atoms with van der Waals surface area (Å²) in [6.45, 7) is 12.5. The van der Waals surface area contributed by atoms with Crippen LogP contribution in [0.25, 0.3) is 0 Å². The van der Waals surface area contributed by atoms with E-state index in [9.17, 15) is 24.8 Å². The van der Waals surface area contributed by atoms with Gasteiger partial charge in [0.15, 0.2) is 5.78 Å². The smallest absolute Gasteiger partial charge is 0.312 e. The fraction of sp³-hybridized carbons (Fsp3) is 0.742. The maximum Gasteiger partial charge on any atom is 0.312 e. The van der Waals surface area contributed by atoms with Crippen molar-refractivity contribution in [1.82, 2.24) is 0 Å². The van der Waals surface area contributed by atoms with Crippen LogP contribution in [0.4, 0.5) is 0 Å². The molecule has 200 valence electrons. The average Bonchev–Trinajstić information content (AvgIpc) is 2.82. The number of nitrogens with zero attached hydrogens (tertiary/aromatic N) is 1. The molecule has 0 saturated heterocycles. The van der Waals surface area contributed by atoms with Gasteiger partial charge in [-0.05, 0) is 80.1 Å². The Labute approximate surface area is 220 Å². The van der Waals surface area contributed by atoms with Crippen LogP contribution in [0.2, 0.25) is 0 Å². The molecule has 3 unspecified atom stereocenters. The van der Waals surface area contributed by atoms with Gasteiger partial charge in [0.25, 0.3) is 0 Å². The lowest BCUT2D eigenvalue weighted by molar-refractivity contribution is -0.192. The molecule has 0 aromatic heterocycles. The number of ketones is 2. The molecule has 6 heteroatoms. The number of carbonyl (C=O) groups excluding carboxylic acids is 3. The van der Waals surface area contributed by atoms with Gasteiger partial charge in [-0.15, -0.1) is 0 Å². The van der Waals surface area contributed by atoms with E-state index in [1.807, 2.05) is 13.0 Å². The number of Topliss-reactive ketones (excluding diaryl/α,β-unsaturated/α-hetero) is 1. The molecule has 0 spiro atoms. The van der Waals surface area contributed by atoms with E-state index in [0.29, 0.717) is 12.8 Å². The number of carbonyl (C=O) groups is 3. The van der Waals surface area contributed by atoms with Crippen molar-refractivity contribution in [2.45, 2.75) is 92.1 Å². The molecule has 5 aliphatic carbocycles. The van der Waals surface area contributed by atoms with Crippen LogP contribution < -0.4 is 0 Å². The summed E-state index contributed by atoms with van der Waals surface area (Å²) in [6, 6.07) is 2.01. The van der Waals surface area contributed by atoms with Gasteiger partial charge in [0.2, 0.25) is 5.78 Å². The minimum absolute atomic E-state index is 0.0299. The van der Waals surface area contributed by atoms with Crippen molar-refractivity contribution in [3.8, 4) is 6.07 Å². The van der Waals surface area contributed by atoms with E-state index in [2.05, 4.69) is 27.7 Å². The molecule has 0 aliphatic heterocycles. The molecule has 37 heavy (non-hydrogen) atoms. The van der Waals surface area contributed by atoms with Gasteiger partial charge in [-0.3, -0.25) is 14.4 Å². The number of fused-ring (bicyclic) bond motifs is 7. The first-order chi connectivity index (χ1) is 17.0. The largest absolute Gasteiger partial charge is 0.469 e. The SMILES string of the molecule is COC(=O)[C@]12CCC(C)(C)CC1C1C(=O)C=C3[C@@]4(C)C=C(C#N)C(=O)C(C)(O)[C@@H]4CC[C@@]3(C)[C@]1(C)CC2. The second-order valence-corrected chi connectivity index (χ2v) is 14.3. The van der Waals surface area contributed by atoms with Crippen LogP contribution in [0.15, 0.2) is 23.3 Å². The van der Waals surface area contributed by atoms with Crippen LogP contribution >= 0.6 is 0 Å². The molecule has 0 aromatic carbocycles. The number of aliphatic hydroxyl groups is 1. The predicted molar refractivity (Wildman–Crippen MR) is 138 cm³/mol. The van der Waals surface area contributed by atoms with Crippen molar-refractivity contribution in [2.75, 3.05) is 7.11 Å². The third kappa shape index (κ3) is 3.10. The summed E-state index contributed by atoms with van der Waals surface area (Å²) in [7, 11) is 1.46. The zero-order valence-corrected chi connectivity index (χ0v) is 23.4. The molecular formula is C31H41NO5. The zero-order chi connectivity index (χ0) is 27.4. The van der Waals surface area contributed by atoms with Crippen molar-refractivity contribution < 1.29 is 24.2 Å². The van der Waals surface area contributed by atoms with Crippen molar-refractivity contribution in [3.05, 3.63) is 23.3 Å². The number of nitriles is 1. The summed E-state index contributed by atoms with van der Waals surface area (Å²) in [5.41, 5.74) is -2.94. The van der Waals surface area contributed by atoms with Crippen LogP contribution in [-0.2, 0) is 19.1 Å². The number of hydrogen-bond donors (Lipinski definition) is 1. The second kappa shape index (κ2) is 7.65. The maximum absolute atomic E-state index is 14.3. The number of esters is 1. The van der Waals surface area contributed by atoms with Crippen molar-refractivity contribution in [3.63, 3.8) is 0 Å². The zero-order valence-electron chi connectivity index (χ0n) is 23.4. The number of methoxy groups -OCH3 is 1. The van der Waals surface area contributed by atoms with Crippen LogP contribution in [0.5, 0.6) is 0 Å². The van der Waals surface area contributed by atoms with Gasteiger partial charge in [0.1, 0.15) is 11.7 Å². The molecular weight excluding hydrogens is 466 g/mol. The van der Waals surface area contributed by atoms with Gasteiger partial charge in [-0.25, -0.2) is 0 Å². The molecule has 6 nitrogen and oxygen atoms in total. The molecule has 0 aromatic rings. The Balaban J connectivity index is 1.71. The Hall–Kier alpha value is -2.26. The average molecular weight is 508 g/mol. The van der Waals surface area contributed by atoms with Gasteiger partial charge in [-0.1, -0.05) is 46.3 Å². The van der Waals surface area contributed by atoms with Crippen LogP contribution in [0, 0.1) is 56.2 Å². The number of rotatable bonds is 1. The predicted octanol–water partition coefficient (Wildman–Crippen LogP) is 5.10. The van der Waals surface area contributed by atoms with E-state index >= 15 is 0 Å². The molecule has 0 amide bonds. The van der Waals surface area contributed by atoms with Crippen molar-refractivity contribution >= 4 is 17.5 Å².